The highest BCUT2D eigenvalue weighted by Gasteiger charge is 2.61. The summed E-state index contributed by atoms with van der Waals surface area (Å²) in [5, 5.41) is 7.01. The molecule has 2 fully saturated rings. The molecular weight excluding hydrogens is 427 g/mol. The topological polar surface area (TPSA) is 53.0 Å². The Morgan fingerprint density at radius 3 is 2.50 bits per heavy atom. The Kier molecular flexibility index (Phi) is 4.40. The van der Waals surface area contributed by atoms with Gasteiger partial charge in [0.25, 0.3) is 0 Å². The number of sulfonamides is 1. The number of alkyl halides is 1. The number of hydrogen-bond donors (Lipinski definition) is 0. The van der Waals surface area contributed by atoms with E-state index in [1.807, 2.05) is 24.8 Å². The monoisotopic (exact) mass is 449 g/mol. The molecule has 6 nitrogen and oxygen atoms in total. The highest BCUT2D eigenvalue weighted by atomic mass is 35.5. The molecule has 0 spiro atoms. The van der Waals surface area contributed by atoms with Crippen molar-refractivity contribution in [3.05, 3.63) is 58.6 Å². The van der Waals surface area contributed by atoms with Gasteiger partial charge in [-0.25, -0.2) is 4.39 Å². The lowest BCUT2D eigenvalue weighted by Crippen LogP contribution is -2.74. The van der Waals surface area contributed by atoms with Crippen molar-refractivity contribution >= 4 is 33.1 Å². The summed E-state index contributed by atoms with van der Waals surface area (Å²) in [6.07, 6.45) is -0.991. The lowest BCUT2D eigenvalue weighted by molar-refractivity contribution is -0.860. The number of fused-ring (bicyclic) bond motifs is 3. The molecule has 2 aromatic rings. The van der Waals surface area contributed by atoms with E-state index < -0.39 is 20.3 Å². The van der Waals surface area contributed by atoms with Gasteiger partial charge in [-0.05, 0) is 36.3 Å². The molecule has 0 saturated carbocycles. The first kappa shape index (κ1) is 19.8. The zero-order chi connectivity index (χ0) is 21.3. The van der Waals surface area contributed by atoms with E-state index in [-0.39, 0.29) is 17.4 Å². The lowest BCUT2D eigenvalue weighted by Gasteiger charge is -2.50. The maximum absolute atomic E-state index is 14.4. The maximum Gasteiger partial charge on any atom is 0.375 e. The fourth-order valence-corrected chi connectivity index (χ4v) is 6.42. The van der Waals surface area contributed by atoms with Gasteiger partial charge in [0.1, 0.15) is 23.3 Å². The molecule has 3 aliphatic heterocycles. The van der Waals surface area contributed by atoms with Gasteiger partial charge in [-0.3, -0.25) is 0 Å². The summed E-state index contributed by atoms with van der Waals surface area (Å²) in [7, 11) is -3.87. The number of hydrogen-bond acceptors (Lipinski definition) is 5. The van der Waals surface area contributed by atoms with Gasteiger partial charge in [0.2, 0.25) is 0 Å². The standard InChI is InChI=1S/C21H23ClFN4O2S/c1-14-6-8-16(9-7-14)30(28,29)27-11-10-26(27)19-5-3-4-17(22)20(19)21(24-27)25-12-15(2)18(23)13-25/h3-9,15,18H,10-13H2,1-2H3/q+1. The summed E-state index contributed by atoms with van der Waals surface area (Å²) >= 11 is 6.54. The predicted octanol–water partition coefficient (Wildman–Crippen LogP) is 3.55. The molecule has 3 heterocycles. The normalized spacial score (nSPS) is 27.9. The maximum atomic E-state index is 14.4. The van der Waals surface area contributed by atoms with Gasteiger partial charge >= 0.3 is 10.0 Å². The molecular formula is C21H23ClFN4O2S+. The third-order valence-corrected chi connectivity index (χ3v) is 8.66. The molecule has 0 radical (unpaired) electrons. The van der Waals surface area contributed by atoms with Crippen molar-refractivity contribution in [2.24, 2.45) is 11.0 Å². The minimum absolute atomic E-state index is 0.157. The highest BCUT2D eigenvalue weighted by molar-refractivity contribution is 7.86. The number of nitrogens with zero attached hydrogens (tertiary/aromatic N) is 4. The number of halogens is 2. The Hall–Kier alpha value is -2.16. The van der Waals surface area contributed by atoms with E-state index in [4.69, 9.17) is 16.7 Å². The van der Waals surface area contributed by atoms with E-state index in [9.17, 15) is 12.8 Å². The van der Waals surface area contributed by atoms with E-state index >= 15 is 0 Å². The molecule has 3 atom stereocenters. The van der Waals surface area contributed by atoms with Crippen LogP contribution in [0.15, 0.2) is 52.5 Å². The summed E-state index contributed by atoms with van der Waals surface area (Å²) in [6.45, 7) is 5.26. The van der Waals surface area contributed by atoms with Crippen molar-refractivity contribution in [3.8, 4) is 0 Å². The van der Waals surface area contributed by atoms with Crippen molar-refractivity contribution in [2.45, 2.75) is 24.9 Å². The molecule has 9 heteroatoms. The van der Waals surface area contributed by atoms with E-state index in [0.29, 0.717) is 41.7 Å². The van der Waals surface area contributed by atoms with E-state index in [1.165, 1.54) is 0 Å². The Balaban J connectivity index is 1.70. The number of quaternary nitrogens is 1. The minimum Gasteiger partial charge on any atom is -0.348 e. The van der Waals surface area contributed by atoms with Crippen molar-refractivity contribution in [1.82, 2.24) is 4.90 Å². The Morgan fingerprint density at radius 2 is 1.90 bits per heavy atom. The van der Waals surface area contributed by atoms with Gasteiger partial charge in [-0.1, -0.05) is 42.3 Å². The largest absolute Gasteiger partial charge is 0.375 e. The molecule has 2 aromatic carbocycles. The lowest BCUT2D eigenvalue weighted by atomic mass is 10.1. The van der Waals surface area contributed by atoms with Crippen LogP contribution in [0.1, 0.15) is 18.1 Å². The zero-order valence-electron chi connectivity index (χ0n) is 16.8. The van der Waals surface area contributed by atoms with Crippen molar-refractivity contribution in [2.75, 3.05) is 31.2 Å². The third-order valence-electron chi connectivity index (χ3n) is 6.25. The van der Waals surface area contributed by atoms with Crippen LogP contribution < -0.4 is 5.01 Å². The third kappa shape index (κ3) is 2.63. The van der Waals surface area contributed by atoms with E-state index in [2.05, 4.69) is 0 Å². The quantitative estimate of drug-likeness (QED) is 0.658. The molecule has 3 unspecified atom stereocenters. The van der Waals surface area contributed by atoms with Crippen LogP contribution in [-0.4, -0.2) is 55.6 Å². The second-order valence-corrected chi connectivity index (χ2v) is 10.7. The van der Waals surface area contributed by atoms with Crippen LogP contribution in [0.3, 0.4) is 0 Å². The average Bonchev–Trinajstić information content (AvgIpc) is 3.01. The van der Waals surface area contributed by atoms with Gasteiger partial charge in [0.15, 0.2) is 12.4 Å². The minimum atomic E-state index is -3.87. The summed E-state index contributed by atoms with van der Waals surface area (Å²) in [5.41, 5.74) is 2.37. The summed E-state index contributed by atoms with van der Waals surface area (Å²) in [5.74, 6) is 0.296. The van der Waals surface area contributed by atoms with Gasteiger partial charge in [0.05, 0.1) is 17.1 Å². The van der Waals surface area contributed by atoms with Crippen molar-refractivity contribution in [3.63, 3.8) is 0 Å². The first-order valence-corrected chi connectivity index (χ1v) is 11.8. The number of benzene rings is 2. The molecule has 0 aromatic heterocycles. The number of aryl methyl sites for hydroxylation is 1. The fourth-order valence-electron chi connectivity index (χ4n) is 4.42. The second kappa shape index (κ2) is 6.67. The summed E-state index contributed by atoms with van der Waals surface area (Å²) < 4.78 is 41.3. The Morgan fingerprint density at radius 1 is 1.17 bits per heavy atom. The Bertz CT molecular complexity index is 1140. The number of likely N-dealkylation sites (tertiary alicyclic amines) is 1. The molecule has 0 bridgehead atoms. The van der Waals surface area contributed by atoms with Gasteiger partial charge in [0, 0.05) is 16.6 Å². The van der Waals surface area contributed by atoms with Crippen LogP contribution in [0.4, 0.5) is 10.1 Å². The zero-order valence-corrected chi connectivity index (χ0v) is 18.4. The van der Waals surface area contributed by atoms with Crippen LogP contribution >= 0.6 is 11.6 Å². The summed E-state index contributed by atoms with van der Waals surface area (Å²) in [6, 6.07) is 12.2. The first-order chi connectivity index (χ1) is 14.2. The highest BCUT2D eigenvalue weighted by Crippen LogP contribution is 2.45. The molecule has 3 aliphatic rings. The smallest absolute Gasteiger partial charge is 0.348 e. The van der Waals surface area contributed by atoms with Crippen LogP contribution in [0.2, 0.25) is 5.02 Å². The van der Waals surface area contributed by atoms with Crippen LogP contribution in [-0.2, 0) is 10.0 Å². The predicted molar refractivity (Wildman–Crippen MR) is 114 cm³/mol. The first-order valence-electron chi connectivity index (χ1n) is 10.0. The molecule has 2 saturated heterocycles. The van der Waals surface area contributed by atoms with Gasteiger partial charge in [-0.2, -0.15) is 13.4 Å². The van der Waals surface area contributed by atoms with Gasteiger partial charge in [-0.15, -0.1) is 0 Å². The number of anilines is 1. The van der Waals surface area contributed by atoms with Crippen LogP contribution in [0, 0.1) is 12.8 Å². The van der Waals surface area contributed by atoms with Crippen molar-refractivity contribution < 1.29 is 16.9 Å². The molecule has 0 N–H and O–H groups in total. The number of amidine groups is 1. The second-order valence-electron chi connectivity index (χ2n) is 8.26. The Labute approximate surface area is 180 Å². The summed E-state index contributed by atoms with van der Waals surface area (Å²) in [4.78, 5) is 2.05. The molecule has 30 heavy (non-hydrogen) atoms. The van der Waals surface area contributed by atoms with E-state index in [0.717, 1.165) is 5.56 Å². The van der Waals surface area contributed by atoms with Crippen LogP contribution in [0.5, 0.6) is 0 Å². The molecule has 5 rings (SSSR count). The van der Waals surface area contributed by atoms with Crippen LogP contribution in [0.25, 0.3) is 0 Å². The molecule has 0 aliphatic carbocycles. The molecule has 0 amide bonds. The van der Waals surface area contributed by atoms with Gasteiger partial charge < -0.3 is 4.90 Å². The number of rotatable bonds is 2. The average molecular weight is 450 g/mol. The van der Waals surface area contributed by atoms with E-state index in [1.54, 1.807) is 41.4 Å². The van der Waals surface area contributed by atoms with Crippen molar-refractivity contribution in [1.29, 1.82) is 0 Å². The molecule has 158 valence electrons. The SMILES string of the molecule is Cc1ccc(S(=O)(=O)[N+]23CCN2c2cccc(Cl)c2C(N2CC(C)C(F)C2)=N3)cc1. The fraction of sp³-hybridized carbons (Fsp3) is 0.381.